The number of rotatable bonds is 4. The number of aromatic nitrogens is 1. The molecule has 0 bridgehead atoms. The fraction of sp³-hybridized carbons (Fsp3) is 0.353. The molecule has 110 valence electrons. The van der Waals surface area contributed by atoms with Crippen molar-refractivity contribution in [2.24, 2.45) is 0 Å². The third kappa shape index (κ3) is 3.52. The zero-order valence-electron chi connectivity index (χ0n) is 12.3. The highest BCUT2D eigenvalue weighted by molar-refractivity contribution is 5.56. The maximum absolute atomic E-state index is 5.39. The zero-order chi connectivity index (χ0) is 14.5. The van der Waals surface area contributed by atoms with E-state index in [1.54, 1.807) is 6.20 Å². The first-order valence-electron chi connectivity index (χ1n) is 7.42. The number of hydrogen-bond donors (Lipinski definition) is 1. The maximum Gasteiger partial charge on any atom is 0.0642 e. The number of anilines is 2. The van der Waals surface area contributed by atoms with Gasteiger partial charge in [-0.15, -0.1) is 0 Å². The molecule has 0 saturated carbocycles. The summed E-state index contributed by atoms with van der Waals surface area (Å²) in [5, 5.41) is 3.51. The van der Waals surface area contributed by atoms with Crippen LogP contribution in [-0.2, 0) is 4.74 Å². The van der Waals surface area contributed by atoms with Gasteiger partial charge in [0.05, 0.1) is 19.3 Å². The monoisotopic (exact) mass is 283 g/mol. The highest BCUT2D eigenvalue weighted by Gasteiger charge is 2.11. The van der Waals surface area contributed by atoms with E-state index in [2.05, 4.69) is 52.5 Å². The van der Waals surface area contributed by atoms with E-state index in [1.807, 2.05) is 12.3 Å². The molecule has 0 amide bonds. The molecule has 1 aromatic carbocycles. The van der Waals surface area contributed by atoms with Crippen LogP contribution in [0.3, 0.4) is 0 Å². The molecule has 1 aliphatic rings. The van der Waals surface area contributed by atoms with Crippen LogP contribution < -0.4 is 10.2 Å². The first kappa shape index (κ1) is 13.9. The van der Waals surface area contributed by atoms with Gasteiger partial charge in [-0.2, -0.15) is 0 Å². The minimum atomic E-state index is 0.243. The third-order valence-corrected chi connectivity index (χ3v) is 3.81. The molecular formula is C17H21N3O. The van der Waals surface area contributed by atoms with Crippen molar-refractivity contribution in [1.82, 2.24) is 4.98 Å². The SMILES string of the molecule is CC(Nc1ccc(N2CCOCC2)cc1)c1cccnc1. The van der Waals surface area contributed by atoms with Crippen LogP contribution in [0.2, 0.25) is 0 Å². The molecule has 4 nitrogen and oxygen atoms in total. The van der Waals surface area contributed by atoms with Crippen LogP contribution in [0.15, 0.2) is 48.8 Å². The minimum Gasteiger partial charge on any atom is -0.378 e. The van der Waals surface area contributed by atoms with Crippen LogP contribution in [0.5, 0.6) is 0 Å². The zero-order valence-corrected chi connectivity index (χ0v) is 12.3. The second-order valence-corrected chi connectivity index (χ2v) is 5.30. The molecule has 2 aromatic rings. The summed E-state index contributed by atoms with van der Waals surface area (Å²) in [6, 6.07) is 12.9. The average Bonchev–Trinajstić information content (AvgIpc) is 2.57. The standard InChI is InChI=1S/C17H21N3O/c1-14(15-3-2-8-18-13-15)19-16-4-6-17(7-5-16)20-9-11-21-12-10-20/h2-8,13-14,19H,9-12H2,1H3. The van der Waals surface area contributed by atoms with Gasteiger partial charge >= 0.3 is 0 Å². The van der Waals surface area contributed by atoms with Gasteiger partial charge in [0.1, 0.15) is 0 Å². The molecule has 1 saturated heterocycles. The summed E-state index contributed by atoms with van der Waals surface area (Å²) in [6.07, 6.45) is 3.70. The number of hydrogen-bond acceptors (Lipinski definition) is 4. The van der Waals surface area contributed by atoms with Gasteiger partial charge in [0, 0.05) is 36.9 Å². The smallest absolute Gasteiger partial charge is 0.0642 e. The Morgan fingerprint density at radius 3 is 2.57 bits per heavy atom. The van der Waals surface area contributed by atoms with Crippen molar-refractivity contribution < 1.29 is 4.74 Å². The predicted molar refractivity (Wildman–Crippen MR) is 85.7 cm³/mol. The van der Waals surface area contributed by atoms with Crippen molar-refractivity contribution in [2.75, 3.05) is 36.5 Å². The summed E-state index contributed by atoms with van der Waals surface area (Å²) < 4.78 is 5.39. The van der Waals surface area contributed by atoms with Gasteiger partial charge in [-0.05, 0) is 42.8 Å². The summed E-state index contributed by atoms with van der Waals surface area (Å²) in [5.41, 5.74) is 3.58. The van der Waals surface area contributed by atoms with Crippen molar-refractivity contribution in [3.8, 4) is 0 Å². The topological polar surface area (TPSA) is 37.4 Å². The third-order valence-electron chi connectivity index (χ3n) is 3.81. The summed E-state index contributed by atoms with van der Waals surface area (Å²) in [4.78, 5) is 6.52. The first-order valence-corrected chi connectivity index (χ1v) is 7.42. The Labute approximate surface area is 125 Å². The quantitative estimate of drug-likeness (QED) is 0.935. The molecular weight excluding hydrogens is 262 g/mol. The van der Waals surface area contributed by atoms with Crippen molar-refractivity contribution in [3.05, 3.63) is 54.4 Å². The lowest BCUT2D eigenvalue weighted by atomic mass is 10.1. The van der Waals surface area contributed by atoms with Crippen LogP contribution in [0.4, 0.5) is 11.4 Å². The number of morpholine rings is 1. The Morgan fingerprint density at radius 1 is 1.14 bits per heavy atom. The first-order chi connectivity index (χ1) is 10.3. The molecule has 3 rings (SSSR count). The second-order valence-electron chi connectivity index (χ2n) is 5.30. The summed E-state index contributed by atoms with van der Waals surface area (Å²) in [6.45, 7) is 5.72. The Kier molecular flexibility index (Phi) is 4.36. The maximum atomic E-state index is 5.39. The van der Waals surface area contributed by atoms with Crippen molar-refractivity contribution >= 4 is 11.4 Å². The van der Waals surface area contributed by atoms with Crippen LogP contribution in [0, 0.1) is 0 Å². The highest BCUT2D eigenvalue weighted by Crippen LogP contribution is 2.22. The van der Waals surface area contributed by atoms with E-state index in [4.69, 9.17) is 4.74 Å². The molecule has 2 heterocycles. The van der Waals surface area contributed by atoms with E-state index in [-0.39, 0.29) is 6.04 Å². The minimum absolute atomic E-state index is 0.243. The lowest BCUT2D eigenvalue weighted by Crippen LogP contribution is -2.36. The van der Waals surface area contributed by atoms with Crippen molar-refractivity contribution in [2.45, 2.75) is 13.0 Å². The molecule has 1 aliphatic heterocycles. The van der Waals surface area contributed by atoms with Crippen LogP contribution >= 0.6 is 0 Å². The summed E-state index contributed by atoms with van der Waals surface area (Å²) in [5.74, 6) is 0. The molecule has 1 aromatic heterocycles. The Morgan fingerprint density at radius 2 is 1.90 bits per heavy atom. The van der Waals surface area contributed by atoms with Gasteiger partial charge in [0.25, 0.3) is 0 Å². The molecule has 0 aliphatic carbocycles. The van der Waals surface area contributed by atoms with E-state index in [1.165, 1.54) is 11.3 Å². The van der Waals surface area contributed by atoms with E-state index in [0.717, 1.165) is 32.0 Å². The van der Waals surface area contributed by atoms with E-state index < -0.39 is 0 Å². The molecule has 0 spiro atoms. The number of nitrogens with zero attached hydrogens (tertiary/aromatic N) is 2. The van der Waals surface area contributed by atoms with Crippen LogP contribution in [0.25, 0.3) is 0 Å². The number of benzene rings is 1. The van der Waals surface area contributed by atoms with Gasteiger partial charge in [0.2, 0.25) is 0 Å². The fourth-order valence-corrected chi connectivity index (χ4v) is 2.56. The summed E-state index contributed by atoms with van der Waals surface area (Å²) in [7, 11) is 0. The lowest BCUT2D eigenvalue weighted by molar-refractivity contribution is 0.122. The fourth-order valence-electron chi connectivity index (χ4n) is 2.56. The van der Waals surface area contributed by atoms with E-state index >= 15 is 0 Å². The predicted octanol–water partition coefficient (Wildman–Crippen LogP) is 3.09. The molecule has 4 heteroatoms. The second kappa shape index (κ2) is 6.59. The van der Waals surface area contributed by atoms with E-state index in [9.17, 15) is 0 Å². The van der Waals surface area contributed by atoms with Gasteiger partial charge in [-0.25, -0.2) is 0 Å². The van der Waals surface area contributed by atoms with Gasteiger partial charge in [0.15, 0.2) is 0 Å². The Hall–Kier alpha value is -2.07. The lowest BCUT2D eigenvalue weighted by Gasteiger charge is -2.29. The summed E-state index contributed by atoms with van der Waals surface area (Å²) >= 11 is 0. The molecule has 1 unspecified atom stereocenters. The molecule has 1 N–H and O–H groups in total. The van der Waals surface area contributed by atoms with Gasteiger partial charge in [-0.1, -0.05) is 6.07 Å². The molecule has 1 fully saturated rings. The number of pyridine rings is 1. The Balaban J connectivity index is 1.64. The normalized spacial score (nSPS) is 16.5. The molecule has 21 heavy (non-hydrogen) atoms. The molecule has 0 radical (unpaired) electrons. The number of ether oxygens (including phenoxy) is 1. The highest BCUT2D eigenvalue weighted by atomic mass is 16.5. The average molecular weight is 283 g/mol. The Bertz CT molecular complexity index is 550. The molecule has 1 atom stereocenters. The van der Waals surface area contributed by atoms with E-state index in [0.29, 0.717) is 0 Å². The largest absolute Gasteiger partial charge is 0.378 e. The number of nitrogens with one attached hydrogen (secondary N) is 1. The van der Waals surface area contributed by atoms with Gasteiger partial charge < -0.3 is 15.0 Å². The van der Waals surface area contributed by atoms with Gasteiger partial charge in [-0.3, -0.25) is 4.98 Å². The van der Waals surface area contributed by atoms with Crippen LogP contribution in [-0.4, -0.2) is 31.3 Å². The van der Waals surface area contributed by atoms with Crippen molar-refractivity contribution in [1.29, 1.82) is 0 Å². The van der Waals surface area contributed by atoms with Crippen molar-refractivity contribution in [3.63, 3.8) is 0 Å². The van der Waals surface area contributed by atoms with Crippen LogP contribution in [0.1, 0.15) is 18.5 Å².